The van der Waals surface area contributed by atoms with Gasteiger partial charge in [-0.15, -0.1) is 0 Å². The molecule has 0 saturated carbocycles. The van der Waals surface area contributed by atoms with E-state index in [2.05, 4.69) is 17.9 Å². The topological polar surface area (TPSA) is 207 Å². The van der Waals surface area contributed by atoms with E-state index in [-0.39, 0.29) is 30.9 Å². The van der Waals surface area contributed by atoms with Gasteiger partial charge in [-0.1, -0.05) is 0 Å². The monoisotopic (exact) mass is 557 g/mol. The van der Waals surface area contributed by atoms with Crippen molar-refractivity contribution in [3.8, 4) is 0 Å². The van der Waals surface area contributed by atoms with Gasteiger partial charge in [0, 0.05) is 25.9 Å². The smallest absolute Gasteiger partial charge is 0.329 e. The Morgan fingerprint density at radius 1 is 1.11 bits per heavy atom. The molecular formula is C20H32NO13PS. The zero-order valence-electron chi connectivity index (χ0n) is 19.6. The molecule has 0 aromatic heterocycles. The number of nitrogens with one attached hydrogen (secondary N) is 1. The molecule has 36 heavy (non-hydrogen) atoms. The summed E-state index contributed by atoms with van der Waals surface area (Å²) < 4.78 is 27.1. The number of carboxylic acids is 1. The van der Waals surface area contributed by atoms with Gasteiger partial charge >= 0.3 is 5.97 Å². The number of aliphatic carboxylic acids is 1. The molecule has 0 spiro atoms. The number of carbonyl (C=O) groups excluding carboxylic acids is 3. The van der Waals surface area contributed by atoms with Gasteiger partial charge in [0.1, 0.15) is 49.0 Å². The van der Waals surface area contributed by atoms with Crippen LogP contribution in [0.5, 0.6) is 0 Å². The van der Waals surface area contributed by atoms with Crippen molar-refractivity contribution in [2.45, 2.75) is 62.0 Å². The second-order valence-corrected chi connectivity index (χ2v) is 9.72. The third-order valence-electron chi connectivity index (χ3n) is 5.50. The molecule has 16 heteroatoms. The predicted molar refractivity (Wildman–Crippen MR) is 125 cm³/mol. The first-order valence-electron chi connectivity index (χ1n) is 11.0. The van der Waals surface area contributed by atoms with Crippen LogP contribution in [-0.2, 0) is 42.9 Å². The molecule has 14 nitrogen and oxygen atoms in total. The zero-order valence-corrected chi connectivity index (χ0v) is 21.5. The van der Waals surface area contributed by atoms with E-state index in [1.807, 2.05) is 0 Å². The molecule has 206 valence electrons. The number of amides is 1. The average Bonchev–Trinajstić information content (AvgIpc) is 2.82. The van der Waals surface area contributed by atoms with Crippen LogP contribution in [0.15, 0.2) is 0 Å². The van der Waals surface area contributed by atoms with Crippen LogP contribution in [-0.4, -0.2) is 138 Å². The van der Waals surface area contributed by atoms with E-state index < -0.39 is 87.6 Å². The summed E-state index contributed by atoms with van der Waals surface area (Å²) in [5.74, 6) is -2.01. The molecule has 10 atom stereocenters. The largest absolute Gasteiger partial charge is 0.480 e. The molecular weight excluding hydrogens is 525 g/mol. The lowest BCUT2D eigenvalue weighted by Gasteiger charge is -2.45. The van der Waals surface area contributed by atoms with Crippen LogP contribution in [0.25, 0.3) is 0 Å². The average molecular weight is 558 g/mol. The number of carboxylic acid groups (broad SMARTS) is 1. The van der Waals surface area contributed by atoms with E-state index in [1.54, 1.807) is 0 Å². The first-order valence-corrected chi connectivity index (χ1v) is 12.8. The van der Waals surface area contributed by atoms with Crippen LogP contribution in [0.2, 0.25) is 0 Å². The van der Waals surface area contributed by atoms with Gasteiger partial charge in [-0.05, 0) is 8.58 Å². The molecule has 2 heterocycles. The summed E-state index contributed by atoms with van der Waals surface area (Å²) in [6.07, 6.45) is -11.5. The number of thiol groups is 1. The third-order valence-corrected chi connectivity index (χ3v) is 7.06. The first kappa shape index (κ1) is 31.0. The summed E-state index contributed by atoms with van der Waals surface area (Å²) in [5.41, 5.74) is -0.553. The zero-order chi connectivity index (χ0) is 27.0. The second-order valence-electron chi connectivity index (χ2n) is 8.20. The van der Waals surface area contributed by atoms with Crippen LogP contribution in [0.1, 0.15) is 6.92 Å². The number of rotatable bonds is 13. The van der Waals surface area contributed by atoms with Crippen LogP contribution >= 0.6 is 21.2 Å². The Bertz CT molecular complexity index is 789. The number of aliphatic hydroxyl groups excluding tert-OH is 3. The van der Waals surface area contributed by atoms with E-state index in [0.717, 1.165) is 0 Å². The lowest BCUT2D eigenvalue weighted by atomic mass is 9.96. The Labute approximate surface area is 214 Å². The van der Waals surface area contributed by atoms with Gasteiger partial charge in [0.25, 0.3) is 0 Å². The summed E-state index contributed by atoms with van der Waals surface area (Å²) in [6.45, 7) is 0.114. The van der Waals surface area contributed by atoms with Crippen LogP contribution in [0.4, 0.5) is 0 Å². The van der Waals surface area contributed by atoms with Gasteiger partial charge in [-0.25, -0.2) is 4.79 Å². The SMILES string of the molecule is CO[C@@H]1C(C(=O)PCC(=O)CS)O[C@@H](O[C@@H]2C(NC(C)=O)COC(COCC(=O)O)[C@H]2O)C(O)[C@H]1O. The number of ketones is 1. The normalized spacial score (nSPS) is 35.0. The van der Waals surface area contributed by atoms with E-state index in [0.29, 0.717) is 0 Å². The van der Waals surface area contributed by atoms with Crippen molar-refractivity contribution in [1.82, 2.24) is 5.32 Å². The lowest BCUT2D eigenvalue weighted by Crippen LogP contribution is -2.65. The fourth-order valence-electron chi connectivity index (χ4n) is 3.76. The van der Waals surface area contributed by atoms with E-state index in [1.165, 1.54) is 14.0 Å². The van der Waals surface area contributed by atoms with Gasteiger partial charge in [0.05, 0.1) is 19.3 Å². The maximum absolute atomic E-state index is 12.8. The maximum atomic E-state index is 12.8. The second kappa shape index (κ2) is 14.6. The molecule has 5 N–H and O–H groups in total. The van der Waals surface area contributed by atoms with Gasteiger partial charge in [-0.2, -0.15) is 12.6 Å². The highest BCUT2D eigenvalue weighted by Gasteiger charge is 2.51. The molecule has 0 radical (unpaired) electrons. The summed E-state index contributed by atoms with van der Waals surface area (Å²) in [4.78, 5) is 46.7. The molecule has 2 aliphatic heterocycles. The van der Waals surface area contributed by atoms with Crippen molar-refractivity contribution in [1.29, 1.82) is 0 Å². The number of ether oxygens (including phenoxy) is 5. The molecule has 2 fully saturated rings. The highest BCUT2D eigenvalue weighted by atomic mass is 32.1. The minimum atomic E-state index is -1.71. The third kappa shape index (κ3) is 8.38. The number of Topliss-reactive ketones (excluding diaryl/α,β-unsaturated/α-hetero) is 1. The highest BCUT2D eigenvalue weighted by Crippen LogP contribution is 2.31. The van der Waals surface area contributed by atoms with E-state index in [4.69, 9.17) is 28.8 Å². The fourth-order valence-corrected chi connectivity index (χ4v) is 5.01. The Morgan fingerprint density at radius 3 is 2.39 bits per heavy atom. The Morgan fingerprint density at radius 2 is 1.81 bits per heavy atom. The molecule has 2 aliphatic rings. The van der Waals surface area contributed by atoms with Crippen LogP contribution < -0.4 is 5.32 Å². The Balaban J connectivity index is 2.20. The molecule has 5 unspecified atom stereocenters. The van der Waals surface area contributed by atoms with Crippen molar-refractivity contribution in [3.63, 3.8) is 0 Å². The minimum absolute atomic E-state index is 0.0455. The lowest BCUT2D eigenvalue weighted by molar-refractivity contribution is -0.320. The molecule has 2 saturated heterocycles. The first-order chi connectivity index (χ1) is 17.0. The highest BCUT2D eigenvalue weighted by molar-refractivity contribution is 7.81. The number of hydrogen-bond donors (Lipinski definition) is 6. The van der Waals surface area contributed by atoms with Crippen molar-refractivity contribution in [3.05, 3.63) is 0 Å². The maximum Gasteiger partial charge on any atom is 0.329 e. The molecule has 0 aromatic carbocycles. The summed E-state index contributed by atoms with van der Waals surface area (Å²) >= 11 is 3.87. The summed E-state index contributed by atoms with van der Waals surface area (Å²) in [6, 6.07) is -0.926. The van der Waals surface area contributed by atoms with Crippen molar-refractivity contribution < 1.29 is 63.3 Å². The molecule has 2 rings (SSSR count). The van der Waals surface area contributed by atoms with Crippen molar-refractivity contribution in [2.75, 3.05) is 38.8 Å². The van der Waals surface area contributed by atoms with Crippen LogP contribution in [0, 0.1) is 0 Å². The Kier molecular flexibility index (Phi) is 12.6. The van der Waals surface area contributed by atoms with Gasteiger partial charge in [0.15, 0.2) is 17.9 Å². The van der Waals surface area contributed by atoms with E-state index >= 15 is 0 Å². The van der Waals surface area contributed by atoms with Gasteiger partial charge in [-0.3, -0.25) is 14.4 Å². The molecule has 0 bridgehead atoms. The summed E-state index contributed by atoms with van der Waals surface area (Å²) in [7, 11) is 0.703. The molecule has 0 aliphatic carbocycles. The number of methoxy groups -OCH3 is 1. The Hall–Kier alpha value is -1.26. The molecule has 0 aromatic rings. The number of aliphatic hydroxyl groups is 3. The van der Waals surface area contributed by atoms with E-state index in [9.17, 15) is 34.5 Å². The predicted octanol–water partition coefficient (Wildman–Crippen LogP) is -3.10. The molecule has 1 amide bonds. The standard InChI is InChI=1S/C20H32NO13PS/c1-8(22)21-10-3-32-11(4-31-5-12(24)25)13(26)16(10)33-20-15(28)14(27)17(30-2)18(34-20)19(29)35-6-9(23)7-36/h10-11,13-18,20,26-28,35-36H,3-7H2,1-2H3,(H,21,22)(H,24,25)/t10?,11?,13-,14-,15?,16-,17+,18?,20-/m1/s1. The summed E-state index contributed by atoms with van der Waals surface area (Å²) in [5, 5.41) is 43.3. The number of carbonyl (C=O) groups is 4. The van der Waals surface area contributed by atoms with Gasteiger partial charge < -0.3 is 49.4 Å². The quantitative estimate of drug-likeness (QED) is 0.0981. The van der Waals surface area contributed by atoms with Crippen LogP contribution in [0.3, 0.4) is 0 Å². The fraction of sp³-hybridized carbons (Fsp3) is 0.800. The van der Waals surface area contributed by atoms with Crippen molar-refractivity contribution in [2.24, 2.45) is 0 Å². The van der Waals surface area contributed by atoms with Gasteiger partial charge in [0.2, 0.25) is 5.91 Å². The number of hydrogen-bond acceptors (Lipinski definition) is 13. The minimum Gasteiger partial charge on any atom is -0.480 e. The van der Waals surface area contributed by atoms with Crippen molar-refractivity contribution >= 4 is 44.4 Å².